The first-order chi connectivity index (χ1) is 5.66. The van der Waals surface area contributed by atoms with Crippen molar-refractivity contribution in [3.63, 3.8) is 0 Å². The van der Waals surface area contributed by atoms with E-state index in [9.17, 15) is 9.59 Å². The summed E-state index contributed by atoms with van der Waals surface area (Å²) in [6, 6.07) is 0. The highest BCUT2D eigenvalue weighted by molar-refractivity contribution is 6.45. The van der Waals surface area contributed by atoms with E-state index in [1.165, 1.54) is 26.3 Å². The molecule has 0 aromatic rings. The van der Waals surface area contributed by atoms with Gasteiger partial charge in [-0.1, -0.05) is 0 Å². The summed E-state index contributed by atoms with van der Waals surface area (Å²) in [5.74, 6) is -0.475. The van der Waals surface area contributed by atoms with Crippen LogP contribution in [0.2, 0.25) is 0 Å². The summed E-state index contributed by atoms with van der Waals surface area (Å²) in [4.78, 5) is 25.8. The number of ketones is 2. The molecule has 0 radical (unpaired) electrons. The standard InChI is InChI=1S/C8H9NO3/c1-5(10)7-8(12-2)6(11)3-4-9-7/h3-4,8H,1-2H3. The molecule has 1 unspecified atom stereocenters. The van der Waals surface area contributed by atoms with E-state index >= 15 is 0 Å². The zero-order valence-electron chi connectivity index (χ0n) is 6.90. The first-order valence-corrected chi connectivity index (χ1v) is 3.48. The smallest absolute Gasteiger partial charge is 0.192 e. The van der Waals surface area contributed by atoms with Gasteiger partial charge in [-0.25, -0.2) is 0 Å². The fourth-order valence-electron chi connectivity index (χ4n) is 0.984. The molecule has 1 rings (SSSR count). The number of carbonyl (C=O) groups excluding carboxylic acids is 2. The molecule has 0 fully saturated rings. The molecule has 0 aliphatic carbocycles. The van der Waals surface area contributed by atoms with Crippen molar-refractivity contribution in [2.75, 3.05) is 7.11 Å². The molecule has 0 saturated heterocycles. The largest absolute Gasteiger partial charge is 0.367 e. The fraction of sp³-hybridized carbons (Fsp3) is 0.375. The highest BCUT2D eigenvalue weighted by Crippen LogP contribution is 2.05. The second-order valence-corrected chi connectivity index (χ2v) is 2.40. The summed E-state index contributed by atoms with van der Waals surface area (Å²) in [5, 5.41) is 0. The Hall–Kier alpha value is -1.29. The quantitative estimate of drug-likeness (QED) is 0.587. The van der Waals surface area contributed by atoms with Crippen LogP contribution in [0, 0.1) is 0 Å². The van der Waals surface area contributed by atoms with Crippen LogP contribution < -0.4 is 0 Å². The van der Waals surface area contributed by atoms with Gasteiger partial charge >= 0.3 is 0 Å². The molecule has 0 spiro atoms. The van der Waals surface area contributed by atoms with E-state index in [1.807, 2.05) is 0 Å². The molecule has 0 bridgehead atoms. The van der Waals surface area contributed by atoms with Crippen molar-refractivity contribution < 1.29 is 14.3 Å². The minimum atomic E-state index is -0.813. The minimum Gasteiger partial charge on any atom is -0.367 e. The van der Waals surface area contributed by atoms with Crippen molar-refractivity contribution in [3.8, 4) is 0 Å². The Labute approximate surface area is 69.9 Å². The molecule has 12 heavy (non-hydrogen) atoms. The van der Waals surface area contributed by atoms with Crippen molar-refractivity contribution in [1.82, 2.24) is 0 Å². The van der Waals surface area contributed by atoms with E-state index in [2.05, 4.69) is 4.99 Å². The second-order valence-electron chi connectivity index (χ2n) is 2.40. The van der Waals surface area contributed by atoms with E-state index in [0.717, 1.165) is 0 Å². The van der Waals surface area contributed by atoms with Crippen LogP contribution in [-0.2, 0) is 14.3 Å². The number of ether oxygens (including phenoxy) is 1. The summed E-state index contributed by atoms with van der Waals surface area (Å²) in [6.45, 7) is 1.36. The van der Waals surface area contributed by atoms with E-state index in [4.69, 9.17) is 4.74 Å². The molecule has 4 heteroatoms. The number of methoxy groups -OCH3 is 1. The van der Waals surface area contributed by atoms with Crippen molar-refractivity contribution in [1.29, 1.82) is 0 Å². The van der Waals surface area contributed by atoms with Crippen molar-refractivity contribution in [2.45, 2.75) is 13.0 Å². The number of nitrogens with zero attached hydrogens (tertiary/aromatic N) is 1. The molecule has 0 amide bonds. The first-order valence-electron chi connectivity index (χ1n) is 3.48. The zero-order valence-corrected chi connectivity index (χ0v) is 6.90. The van der Waals surface area contributed by atoms with Gasteiger partial charge in [-0.15, -0.1) is 0 Å². The maximum absolute atomic E-state index is 11.1. The van der Waals surface area contributed by atoms with Crippen LogP contribution in [0.4, 0.5) is 0 Å². The Kier molecular flexibility index (Phi) is 2.50. The molecular formula is C8H9NO3. The number of carbonyl (C=O) groups is 2. The average molecular weight is 167 g/mol. The second kappa shape index (κ2) is 3.40. The monoisotopic (exact) mass is 167 g/mol. The van der Waals surface area contributed by atoms with E-state index < -0.39 is 6.10 Å². The molecule has 0 saturated carbocycles. The number of rotatable bonds is 2. The summed E-state index contributed by atoms with van der Waals surface area (Å²) < 4.78 is 4.82. The van der Waals surface area contributed by atoms with Crippen molar-refractivity contribution >= 4 is 17.3 Å². The number of aliphatic imine (C=N–C) groups is 1. The van der Waals surface area contributed by atoms with Gasteiger partial charge in [0.2, 0.25) is 0 Å². The lowest BCUT2D eigenvalue weighted by molar-refractivity contribution is -0.122. The molecule has 1 aliphatic heterocycles. The number of hydrogen-bond acceptors (Lipinski definition) is 4. The lowest BCUT2D eigenvalue weighted by Gasteiger charge is -2.14. The van der Waals surface area contributed by atoms with Crippen LogP contribution in [0.25, 0.3) is 0 Å². The first kappa shape index (κ1) is 8.80. The van der Waals surface area contributed by atoms with Crippen molar-refractivity contribution in [2.24, 2.45) is 4.99 Å². The number of hydrogen-bond donors (Lipinski definition) is 0. The van der Waals surface area contributed by atoms with Gasteiger partial charge in [-0.2, -0.15) is 0 Å². The molecular weight excluding hydrogens is 158 g/mol. The lowest BCUT2D eigenvalue weighted by atomic mass is 10.1. The lowest BCUT2D eigenvalue weighted by Crippen LogP contribution is -2.36. The highest BCUT2D eigenvalue weighted by Gasteiger charge is 2.27. The van der Waals surface area contributed by atoms with Crippen LogP contribution in [-0.4, -0.2) is 30.5 Å². The van der Waals surface area contributed by atoms with Gasteiger partial charge < -0.3 is 4.74 Å². The van der Waals surface area contributed by atoms with Gasteiger partial charge in [0, 0.05) is 26.3 Å². The predicted octanol–water partition coefficient (Wildman–Crippen LogP) is 0.128. The third-order valence-electron chi connectivity index (χ3n) is 1.56. The Bertz CT molecular complexity index is 278. The zero-order chi connectivity index (χ0) is 9.14. The van der Waals surface area contributed by atoms with Gasteiger partial charge in [-0.05, 0) is 0 Å². The Morgan fingerprint density at radius 3 is 2.75 bits per heavy atom. The van der Waals surface area contributed by atoms with E-state index in [1.54, 1.807) is 0 Å². The average Bonchev–Trinajstić information content (AvgIpc) is 2.03. The maximum Gasteiger partial charge on any atom is 0.192 e. The van der Waals surface area contributed by atoms with Crippen LogP contribution in [0.1, 0.15) is 6.92 Å². The fourth-order valence-corrected chi connectivity index (χ4v) is 0.984. The third-order valence-corrected chi connectivity index (χ3v) is 1.56. The van der Waals surface area contributed by atoms with Crippen molar-refractivity contribution in [3.05, 3.63) is 12.3 Å². The molecule has 1 atom stereocenters. The van der Waals surface area contributed by atoms with Crippen LogP contribution in [0.15, 0.2) is 17.3 Å². The molecule has 64 valence electrons. The topological polar surface area (TPSA) is 55.7 Å². The van der Waals surface area contributed by atoms with Gasteiger partial charge in [0.1, 0.15) is 5.71 Å². The minimum absolute atomic E-state index is 0.171. The maximum atomic E-state index is 11.1. The Morgan fingerprint density at radius 2 is 2.33 bits per heavy atom. The van der Waals surface area contributed by atoms with E-state index in [0.29, 0.717) is 0 Å². The molecule has 4 nitrogen and oxygen atoms in total. The predicted molar refractivity (Wildman–Crippen MR) is 43.1 cm³/mol. The van der Waals surface area contributed by atoms with Gasteiger partial charge in [0.15, 0.2) is 17.7 Å². The van der Waals surface area contributed by atoms with E-state index in [-0.39, 0.29) is 17.3 Å². The van der Waals surface area contributed by atoms with Gasteiger partial charge in [0.25, 0.3) is 0 Å². The highest BCUT2D eigenvalue weighted by atomic mass is 16.5. The number of Topliss-reactive ketones (excluding diaryl/α,β-unsaturated/α-hetero) is 1. The van der Waals surface area contributed by atoms with Crippen LogP contribution in [0.3, 0.4) is 0 Å². The third kappa shape index (κ3) is 1.48. The molecule has 0 aromatic carbocycles. The Morgan fingerprint density at radius 1 is 1.67 bits per heavy atom. The summed E-state index contributed by atoms with van der Waals surface area (Å²) >= 11 is 0. The normalized spacial score (nSPS) is 22.3. The Balaban J connectivity index is 2.96. The van der Waals surface area contributed by atoms with Gasteiger partial charge in [0.05, 0.1) is 0 Å². The molecule has 1 heterocycles. The van der Waals surface area contributed by atoms with Crippen LogP contribution >= 0.6 is 0 Å². The SMILES string of the molecule is COC1C(=O)C=CN=C1C(C)=O. The molecule has 0 N–H and O–H groups in total. The van der Waals surface area contributed by atoms with Crippen LogP contribution in [0.5, 0.6) is 0 Å². The summed E-state index contributed by atoms with van der Waals surface area (Å²) in [5.41, 5.74) is 0.171. The molecule has 0 aromatic heterocycles. The summed E-state index contributed by atoms with van der Waals surface area (Å²) in [6.07, 6.45) is 1.79. The summed E-state index contributed by atoms with van der Waals surface area (Å²) in [7, 11) is 1.38. The van der Waals surface area contributed by atoms with Gasteiger partial charge in [-0.3, -0.25) is 14.6 Å². The molecule has 1 aliphatic rings.